The van der Waals surface area contributed by atoms with Gasteiger partial charge in [-0.1, -0.05) is 12.1 Å². The van der Waals surface area contributed by atoms with Gasteiger partial charge in [0.25, 0.3) is 0 Å². The number of hydrogen-bond donors (Lipinski definition) is 2. The number of nitrogens with zero attached hydrogens (tertiary/aromatic N) is 2. The van der Waals surface area contributed by atoms with E-state index in [0.717, 1.165) is 17.3 Å². The van der Waals surface area contributed by atoms with Crippen molar-refractivity contribution in [3.05, 3.63) is 78.1 Å². The molecule has 0 radical (unpaired) electrons. The number of benzene rings is 2. The molecule has 7 heteroatoms. The fourth-order valence-corrected chi connectivity index (χ4v) is 2.43. The van der Waals surface area contributed by atoms with Gasteiger partial charge in [-0.05, 0) is 48.1 Å². The Balaban J connectivity index is 1.65. The summed E-state index contributed by atoms with van der Waals surface area (Å²) in [4.78, 5) is 0. The lowest BCUT2D eigenvalue weighted by molar-refractivity contribution is 0.586. The van der Waals surface area contributed by atoms with Gasteiger partial charge in [0.05, 0.1) is 12.2 Å². The van der Waals surface area contributed by atoms with Crippen LogP contribution < -0.4 is 10.6 Å². The quantitative estimate of drug-likeness (QED) is 0.702. The first kappa shape index (κ1) is 16.1. The van der Waals surface area contributed by atoms with Crippen molar-refractivity contribution < 1.29 is 8.78 Å². The lowest BCUT2D eigenvalue weighted by Gasteiger charge is -2.12. The smallest absolute Gasteiger partial charge is 0.175 e. The molecule has 0 atom stereocenters. The molecule has 2 N–H and O–H groups in total. The van der Waals surface area contributed by atoms with Crippen LogP contribution in [0.3, 0.4) is 0 Å². The molecular weight excluding hydrogens is 330 g/mol. The minimum Gasteiger partial charge on any atom is -0.332 e. The molecule has 3 rings (SSSR count). The van der Waals surface area contributed by atoms with E-state index in [4.69, 9.17) is 12.2 Å². The van der Waals surface area contributed by atoms with E-state index < -0.39 is 11.6 Å². The van der Waals surface area contributed by atoms with Crippen LogP contribution in [0.5, 0.6) is 0 Å². The summed E-state index contributed by atoms with van der Waals surface area (Å²) < 4.78 is 28.3. The van der Waals surface area contributed by atoms with Crippen LogP contribution in [0.15, 0.2) is 60.9 Å². The van der Waals surface area contributed by atoms with Gasteiger partial charge in [-0.2, -0.15) is 5.10 Å². The van der Waals surface area contributed by atoms with E-state index in [1.165, 1.54) is 12.1 Å². The number of nitrogens with one attached hydrogen (secondary N) is 2. The molecule has 1 heterocycles. The lowest BCUT2D eigenvalue weighted by atomic mass is 10.2. The lowest BCUT2D eigenvalue weighted by Crippen LogP contribution is -2.20. The molecule has 24 heavy (non-hydrogen) atoms. The first-order chi connectivity index (χ1) is 11.6. The molecule has 0 spiro atoms. The van der Waals surface area contributed by atoms with Gasteiger partial charge in [0, 0.05) is 24.1 Å². The molecule has 122 valence electrons. The van der Waals surface area contributed by atoms with Gasteiger partial charge in [-0.25, -0.2) is 8.78 Å². The molecule has 3 aromatic rings. The maximum Gasteiger partial charge on any atom is 0.175 e. The third-order valence-electron chi connectivity index (χ3n) is 3.27. The molecule has 0 aliphatic rings. The largest absolute Gasteiger partial charge is 0.332 e. The fourth-order valence-electron chi connectivity index (χ4n) is 2.20. The molecule has 4 nitrogen and oxygen atoms in total. The van der Waals surface area contributed by atoms with Gasteiger partial charge >= 0.3 is 0 Å². The zero-order chi connectivity index (χ0) is 16.9. The maximum absolute atomic E-state index is 13.6. The van der Waals surface area contributed by atoms with E-state index in [2.05, 4.69) is 15.7 Å². The van der Waals surface area contributed by atoms with Gasteiger partial charge in [-0.15, -0.1) is 0 Å². The summed E-state index contributed by atoms with van der Waals surface area (Å²) in [5.74, 6) is -1.34. The van der Waals surface area contributed by atoms with Crippen molar-refractivity contribution in [1.82, 2.24) is 9.78 Å². The maximum atomic E-state index is 13.6. The molecule has 2 aromatic carbocycles. The summed E-state index contributed by atoms with van der Waals surface area (Å²) in [6.45, 7) is 0.634. The van der Waals surface area contributed by atoms with Crippen molar-refractivity contribution in [1.29, 1.82) is 0 Å². The molecule has 0 amide bonds. The van der Waals surface area contributed by atoms with Gasteiger partial charge in [0.2, 0.25) is 0 Å². The fraction of sp³-hybridized carbons (Fsp3) is 0.0588. The zero-order valence-corrected chi connectivity index (χ0v) is 13.4. The number of rotatable bonds is 4. The first-order valence-electron chi connectivity index (χ1n) is 7.19. The van der Waals surface area contributed by atoms with Gasteiger partial charge < -0.3 is 10.6 Å². The molecule has 0 aliphatic heterocycles. The van der Waals surface area contributed by atoms with Gasteiger partial charge in [0.15, 0.2) is 5.11 Å². The third-order valence-corrected chi connectivity index (χ3v) is 3.47. The van der Waals surface area contributed by atoms with Crippen LogP contribution in [0.4, 0.5) is 20.2 Å². The summed E-state index contributed by atoms with van der Waals surface area (Å²) in [6.07, 6.45) is 3.60. The third kappa shape index (κ3) is 4.14. The molecule has 0 aliphatic carbocycles. The van der Waals surface area contributed by atoms with Crippen molar-refractivity contribution in [3.8, 4) is 0 Å². The monoisotopic (exact) mass is 344 g/mol. The Morgan fingerprint density at radius 3 is 2.71 bits per heavy atom. The Morgan fingerprint density at radius 2 is 1.96 bits per heavy atom. The molecule has 0 saturated carbocycles. The van der Waals surface area contributed by atoms with Crippen LogP contribution in [0.2, 0.25) is 0 Å². The number of anilines is 2. The van der Waals surface area contributed by atoms with Crippen LogP contribution in [0.25, 0.3) is 0 Å². The normalized spacial score (nSPS) is 10.4. The van der Waals surface area contributed by atoms with E-state index in [0.29, 0.717) is 6.54 Å². The highest BCUT2D eigenvalue weighted by molar-refractivity contribution is 7.80. The van der Waals surface area contributed by atoms with Crippen molar-refractivity contribution in [2.75, 3.05) is 10.6 Å². The minimum atomic E-state index is -0.702. The topological polar surface area (TPSA) is 41.9 Å². The molecule has 0 saturated heterocycles. The second-order valence-corrected chi connectivity index (χ2v) is 5.52. The van der Waals surface area contributed by atoms with E-state index >= 15 is 0 Å². The summed E-state index contributed by atoms with van der Waals surface area (Å²) in [6, 6.07) is 12.8. The standard InChI is InChI=1S/C17H14F2N4S/c18-13-5-6-16(15(19)10-13)22-17(24)21-14-4-1-3-12(9-14)11-23-8-2-7-20-23/h1-10H,11H2,(H2,21,22,24). The van der Waals surface area contributed by atoms with Crippen LogP contribution in [-0.4, -0.2) is 14.9 Å². The summed E-state index contributed by atoms with van der Waals surface area (Å²) >= 11 is 5.17. The van der Waals surface area contributed by atoms with Crippen LogP contribution in [0, 0.1) is 11.6 Å². The van der Waals surface area contributed by atoms with Crippen LogP contribution in [-0.2, 0) is 6.54 Å². The Morgan fingerprint density at radius 1 is 1.08 bits per heavy atom. The van der Waals surface area contributed by atoms with Gasteiger partial charge in [-0.3, -0.25) is 4.68 Å². The molecule has 0 fully saturated rings. The average molecular weight is 344 g/mol. The van der Waals surface area contributed by atoms with Crippen molar-refractivity contribution in [2.24, 2.45) is 0 Å². The highest BCUT2D eigenvalue weighted by Crippen LogP contribution is 2.16. The second kappa shape index (κ2) is 7.18. The molecular formula is C17H14F2N4S. The van der Waals surface area contributed by atoms with E-state index in [9.17, 15) is 8.78 Å². The van der Waals surface area contributed by atoms with Crippen LogP contribution >= 0.6 is 12.2 Å². The van der Waals surface area contributed by atoms with Crippen molar-refractivity contribution in [3.63, 3.8) is 0 Å². The first-order valence-corrected chi connectivity index (χ1v) is 7.60. The number of halogens is 2. The van der Waals surface area contributed by atoms with Crippen molar-refractivity contribution >= 4 is 28.7 Å². The van der Waals surface area contributed by atoms with Crippen LogP contribution in [0.1, 0.15) is 5.56 Å². The number of thiocarbonyl (C=S) groups is 1. The minimum absolute atomic E-state index is 0.113. The predicted octanol–water partition coefficient (Wildman–Crippen LogP) is 4.02. The summed E-state index contributed by atoms with van der Waals surface area (Å²) in [7, 11) is 0. The molecule has 1 aromatic heterocycles. The molecule has 0 unspecified atom stereocenters. The van der Waals surface area contributed by atoms with E-state index in [-0.39, 0.29) is 10.8 Å². The Hall–Kier alpha value is -2.80. The number of hydrogen-bond acceptors (Lipinski definition) is 2. The highest BCUT2D eigenvalue weighted by Gasteiger charge is 2.06. The summed E-state index contributed by atoms with van der Waals surface area (Å²) in [5, 5.41) is 10.1. The summed E-state index contributed by atoms with van der Waals surface area (Å²) in [5.41, 5.74) is 1.92. The second-order valence-electron chi connectivity index (χ2n) is 5.11. The average Bonchev–Trinajstić information content (AvgIpc) is 3.03. The van der Waals surface area contributed by atoms with E-state index in [1.807, 2.05) is 41.2 Å². The Kier molecular flexibility index (Phi) is 4.81. The highest BCUT2D eigenvalue weighted by atomic mass is 32.1. The Bertz CT molecular complexity index is 850. The van der Waals surface area contributed by atoms with Crippen molar-refractivity contribution in [2.45, 2.75) is 6.54 Å². The Labute approximate surface area is 143 Å². The molecule has 0 bridgehead atoms. The predicted molar refractivity (Wildman–Crippen MR) is 94.0 cm³/mol. The van der Waals surface area contributed by atoms with E-state index in [1.54, 1.807) is 6.20 Å². The number of aromatic nitrogens is 2. The SMILES string of the molecule is Fc1ccc(NC(=S)Nc2cccc(Cn3cccn3)c2)c(F)c1. The van der Waals surface area contributed by atoms with Gasteiger partial charge in [0.1, 0.15) is 11.6 Å². The zero-order valence-electron chi connectivity index (χ0n) is 12.5.